The predicted octanol–water partition coefficient (Wildman–Crippen LogP) is 26.3. The van der Waals surface area contributed by atoms with Gasteiger partial charge < -0.3 is 14.6 Å². The minimum atomic E-state index is -0.775. The Kier molecular flexibility index (Phi) is 72.8. The molecule has 0 aliphatic carbocycles. The van der Waals surface area contributed by atoms with E-state index in [1.807, 2.05) is 0 Å². The van der Waals surface area contributed by atoms with Gasteiger partial charge in [-0.2, -0.15) is 0 Å². The number of aliphatic hydroxyl groups is 1. The zero-order valence-electron chi connectivity index (χ0n) is 57.1. The lowest BCUT2D eigenvalue weighted by molar-refractivity contribution is -0.161. The van der Waals surface area contributed by atoms with E-state index in [0.29, 0.717) is 12.8 Å². The Labute approximate surface area is 535 Å². The molecule has 5 heteroatoms. The molecule has 0 radical (unpaired) electrons. The van der Waals surface area contributed by atoms with E-state index in [0.717, 1.165) is 96.3 Å². The molecule has 0 aromatic heterocycles. The van der Waals surface area contributed by atoms with Gasteiger partial charge in [0.05, 0.1) is 6.61 Å². The van der Waals surface area contributed by atoms with Crippen molar-refractivity contribution in [3.05, 3.63) is 109 Å². The standard InChI is InChI=1S/C81H142O5/c1-3-5-7-9-11-13-15-17-19-21-23-25-27-29-31-33-35-37-39-40-42-43-45-47-49-51-53-55-57-59-61-63-65-67-69-71-73-75-80(83)85-78-79(77-82)86-81(84)76-74-72-70-68-66-64-62-60-58-56-54-52-50-48-46-44-41-38-36-34-32-30-28-26-24-22-20-18-16-14-12-10-8-6-4-2/h5-8,11-14,17-20,23-26,30,32,79,82H,3-4,9-10,15-16,21-22,27-29,31,33-78H2,1-2H3/b7-5-,8-6-,13-11-,14-12-,19-17-,20-18-,25-23-,26-24-,32-30-. The van der Waals surface area contributed by atoms with Gasteiger partial charge in [0.25, 0.3) is 0 Å². The van der Waals surface area contributed by atoms with Crippen LogP contribution >= 0.6 is 0 Å². The van der Waals surface area contributed by atoms with E-state index in [-0.39, 0.29) is 25.2 Å². The van der Waals surface area contributed by atoms with Crippen LogP contribution in [-0.2, 0) is 19.1 Å². The molecule has 0 aliphatic heterocycles. The quantitative estimate of drug-likeness (QED) is 0.0373. The number of hydrogen-bond donors (Lipinski definition) is 1. The first-order valence-electron chi connectivity index (χ1n) is 37.4. The fourth-order valence-corrected chi connectivity index (χ4v) is 11.1. The molecule has 86 heavy (non-hydrogen) atoms. The number of ether oxygens (including phenoxy) is 2. The maximum Gasteiger partial charge on any atom is 0.306 e. The van der Waals surface area contributed by atoms with Gasteiger partial charge in [0.1, 0.15) is 6.61 Å². The fourth-order valence-electron chi connectivity index (χ4n) is 11.1. The molecule has 0 fully saturated rings. The highest BCUT2D eigenvalue weighted by Gasteiger charge is 2.16. The van der Waals surface area contributed by atoms with Gasteiger partial charge in [0.2, 0.25) is 0 Å². The number of unbranched alkanes of at least 4 members (excludes halogenated alkanes) is 43. The lowest BCUT2D eigenvalue weighted by atomic mass is 10.0. The van der Waals surface area contributed by atoms with Gasteiger partial charge in [-0.3, -0.25) is 9.59 Å². The molecule has 0 aliphatic rings. The number of esters is 2. The van der Waals surface area contributed by atoms with Gasteiger partial charge in [0.15, 0.2) is 6.10 Å². The SMILES string of the molecule is CC/C=C\C/C=C\C/C=C\C/C=C\C/C=C\CCCCCCCCCCCCCCCCCCCCCC(=O)OC(CO)COC(=O)CCCCCCCCCCCCCCCCCCCCCCCCCC/C=C\C/C=C\C/C=C\C/C=C\CC. The minimum Gasteiger partial charge on any atom is -0.462 e. The number of carbonyl (C=O) groups is 2. The number of carbonyl (C=O) groups excluding carboxylic acids is 2. The van der Waals surface area contributed by atoms with Gasteiger partial charge in [-0.1, -0.05) is 374 Å². The van der Waals surface area contributed by atoms with Crippen molar-refractivity contribution in [3.63, 3.8) is 0 Å². The second kappa shape index (κ2) is 75.8. The van der Waals surface area contributed by atoms with Crippen molar-refractivity contribution < 1.29 is 24.2 Å². The van der Waals surface area contributed by atoms with Crippen molar-refractivity contribution >= 4 is 11.9 Å². The summed E-state index contributed by atoms with van der Waals surface area (Å²) in [6.45, 7) is 3.96. The first-order valence-corrected chi connectivity index (χ1v) is 37.4. The molecule has 1 atom stereocenters. The van der Waals surface area contributed by atoms with Crippen molar-refractivity contribution in [3.8, 4) is 0 Å². The van der Waals surface area contributed by atoms with E-state index in [2.05, 4.69) is 123 Å². The van der Waals surface area contributed by atoms with Crippen LogP contribution < -0.4 is 0 Å². The summed E-state index contributed by atoms with van der Waals surface area (Å²) in [5, 5.41) is 9.72. The van der Waals surface area contributed by atoms with Crippen LogP contribution in [0.2, 0.25) is 0 Å². The van der Waals surface area contributed by atoms with Crippen LogP contribution in [0.15, 0.2) is 109 Å². The first kappa shape index (κ1) is 82.6. The number of hydrogen-bond acceptors (Lipinski definition) is 5. The molecule has 496 valence electrons. The molecule has 0 rings (SSSR count). The smallest absolute Gasteiger partial charge is 0.306 e. The van der Waals surface area contributed by atoms with Crippen LogP contribution in [0.25, 0.3) is 0 Å². The molecular formula is C81H142O5. The molecule has 0 saturated carbocycles. The second-order valence-corrected chi connectivity index (χ2v) is 25.0. The summed E-state index contributed by atoms with van der Waals surface area (Å²) in [6.07, 6.45) is 110. The van der Waals surface area contributed by atoms with Crippen LogP contribution in [0, 0.1) is 0 Å². The van der Waals surface area contributed by atoms with Crippen LogP contribution in [0.4, 0.5) is 0 Å². The number of aliphatic hydroxyl groups excluding tert-OH is 1. The van der Waals surface area contributed by atoms with Gasteiger partial charge in [-0.15, -0.1) is 0 Å². The molecule has 0 amide bonds. The van der Waals surface area contributed by atoms with Gasteiger partial charge in [0, 0.05) is 12.8 Å². The lowest BCUT2D eigenvalue weighted by Gasteiger charge is -2.15. The Balaban J connectivity index is 3.41. The summed E-state index contributed by atoms with van der Waals surface area (Å²) >= 11 is 0. The van der Waals surface area contributed by atoms with E-state index < -0.39 is 6.10 Å². The highest BCUT2D eigenvalue weighted by molar-refractivity contribution is 5.70. The molecule has 0 bridgehead atoms. The van der Waals surface area contributed by atoms with Gasteiger partial charge in [-0.25, -0.2) is 0 Å². The molecule has 1 N–H and O–H groups in total. The largest absolute Gasteiger partial charge is 0.462 e. The highest BCUT2D eigenvalue weighted by atomic mass is 16.6. The summed E-state index contributed by atoms with van der Waals surface area (Å²) in [5.41, 5.74) is 0. The summed E-state index contributed by atoms with van der Waals surface area (Å²) in [5.74, 6) is -0.572. The van der Waals surface area contributed by atoms with Crippen LogP contribution in [0.5, 0.6) is 0 Å². The zero-order valence-corrected chi connectivity index (χ0v) is 57.1. The Morgan fingerprint density at radius 1 is 0.267 bits per heavy atom. The van der Waals surface area contributed by atoms with Crippen molar-refractivity contribution in [2.75, 3.05) is 13.2 Å². The van der Waals surface area contributed by atoms with E-state index in [1.165, 1.54) is 250 Å². The third kappa shape index (κ3) is 73.0. The molecule has 0 spiro atoms. The summed E-state index contributed by atoms with van der Waals surface area (Å²) in [4.78, 5) is 24.7. The molecule has 0 aromatic rings. The van der Waals surface area contributed by atoms with Crippen LogP contribution in [0.3, 0.4) is 0 Å². The minimum absolute atomic E-state index is 0.0634. The normalized spacial score (nSPS) is 12.8. The van der Waals surface area contributed by atoms with Crippen molar-refractivity contribution in [2.24, 2.45) is 0 Å². The van der Waals surface area contributed by atoms with E-state index in [9.17, 15) is 14.7 Å². The molecule has 0 heterocycles. The maximum atomic E-state index is 12.4. The number of rotatable bonds is 69. The predicted molar refractivity (Wildman–Crippen MR) is 380 cm³/mol. The van der Waals surface area contributed by atoms with Gasteiger partial charge >= 0.3 is 11.9 Å². The van der Waals surface area contributed by atoms with Crippen molar-refractivity contribution in [2.45, 2.75) is 380 Å². The molecule has 5 nitrogen and oxygen atoms in total. The van der Waals surface area contributed by atoms with E-state index in [4.69, 9.17) is 9.47 Å². The third-order valence-corrected chi connectivity index (χ3v) is 16.6. The lowest BCUT2D eigenvalue weighted by Crippen LogP contribution is -2.28. The van der Waals surface area contributed by atoms with Gasteiger partial charge in [-0.05, 0) is 96.3 Å². The molecule has 1 unspecified atom stereocenters. The Morgan fingerprint density at radius 3 is 0.698 bits per heavy atom. The number of allylic oxidation sites excluding steroid dienone is 18. The van der Waals surface area contributed by atoms with Crippen molar-refractivity contribution in [1.82, 2.24) is 0 Å². The van der Waals surface area contributed by atoms with E-state index in [1.54, 1.807) is 0 Å². The summed E-state index contributed by atoms with van der Waals surface area (Å²) in [6, 6.07) is 0. The molecular weight excluding hydrogens is 1050 g/mol. The average molecular weight is 1200 g/mol. The molecule has 0 saturated heterocycles. The Bertz CT molecular complexity index is 1640. The Hall–Kier alpha value is -3.44. The molecule has 0 aromatic carbocycles. The first-order chi connectivity index (χ1) is 42.6. The van der Waals surface area contributed by atoms with Crippen molar-refractivity contribution in [1.29, 1.82) is 0 Å². The van der Waals surface area contributed by atoms with Crippen LogP contribution in [0.1, 0.15) is 373 Å². The monoisotopic (exact) mass is 1200 g/mol. The zero-order chi connectivity index (χ0) is 61.9. The topological polar surface area (TPSA) is 72.8 Å². The average Bonchev–Trinajstić information content (AvgIpc) is 3.55. The Morgan fingerprint density at radius 2 is 0.465 bits per heavy atom. The van der Waals surface area contributed by atoms with E-state index >= 15 is 0 Å². The third-order valence-electron chi connectivity index (χ3n) is 16.6. The maximum absolute atomic E-state index is 12.4. The summed E-state index contributed by atoms with van der Waals surface area (Å²) < 4.78 is 10.8. The second-order valence-electron chi connectivity index (χ2n) is 25.0. The summed E-state index contributed by atoms with van der Waals surface area (Å²) in [7, 11) is 0. The van der Waals surface area contributed by atoms with Crippen LogP contribution in [-0.4, -0.2) is 36.4 Å². The highest BCUT2D eigenvalue weighted by Crippen LogP contribution is 2.19. The fraction of sp³-hybridized carbons (Fsp3) is 0.753.